The van der Waals surface area contributed by atoms with Gasteiger partial charge in [0.05, 0.1) is 23.6 Å². The molecule has 0 aliphatic rings. The van der Waals surface area contributed by atoms with Gasteiger partial charge in [0.1, 0.15) is 0 Å². The van der Waals surface area contributed by atoms with Crippen LogP contribution in [0.25, 0.3) is 10.8 Å². The van der Waals surface area contributed by atoms with Gasteiger partial charge in [-0.2, -0.15) is 17.0 Å². The molecule has 0 aliphatic heterocycles. The largest absolute Gasteiger partial charge is 0.462 e. The van der Waals surface area contributed by atoms with Gasteiger partial charge >= 0.3 is 0 Å². The second kappa shape index (κ2) is 6.61. The van der Waals surface area contributed by atoms with Crippen molar-refractivity contribution in [3.05, 3.63) is 64.9 Å². The molecule has 3 rings (SSSR count). The Morgan fingerprint density at radius 3 is 2.76 bits per heavy atom. The Hall–Kier alpha value is -2.03. The summed E-state index contributed by atoms with van der Waals surface area (Å²) in [7, 11) is 0. The molecular weight excluding hydrogens is 300 g/mol. The summed E-state index contributed by atoms with van der Waals surface area (Å²) in [6, 6.07) is 13.6. The molecule has 0 saturated heterocycles. The molecule has 0 bridgehead atoms. The quantitative estimate of drug-likeness (QED) is 0.684. The fraction of sp³-hybridized carbons (Fsp3) is 0.125. The first-order valence-electron chi connectivity index (χ1n) is 6.40. The van der Waals surface area contributed by atoms with E-state index in [2.05, 4.69) is 16.4 Å². The summed E-state index contributed by atoms with van der Waals surface area (Å²) in [5.41, 5.74) is 3.00. The van der Waals surface area contributed by atoms with Crippen LogP contribution in [0.15, 0.2) is 52.5 Å². The Kier molecular flexibility index (Phi) is 4.39. The summed E-state index contributed by atoms with van der Waals surface area (Å²) in [4.78, 5) is 4.57. The molecule has 0 saturated carbocycles. The number of hydrogen-bond acceptors (Lipinski definition) is 5. The summed E-state index contributed by atoms with van der Waals surface area (Å²) < 4.78 is 5.34. The van der Waals surface area contributed by atoms with Crippen molar-refractivity contribution >= 4 is 23.1 Å². The molecule has 104 valence electrons. The molecule has 0 N–H and O–H groups in total. The van der Waals surface area contributed by atoms with Gasteiger partial charge in [0, 0.05) is 16.9 Å². The van der Waals surface area contributed by atoms with Crippen LogP contribution in [0.5, 0.6) is 0 Å². The third-order valence-electron chi connectivity index (χ3n) is 2.89. The molecule has 1 aromatic carbocycles. The van der Waals surface area contributed by atoms with E-state index in [0.29, 0.717) is 5.56 Å². The Labute approximate surface area is 131 Å². The van der Waals surface area contributed by atoms with E-state index >= 15 is 0 Å². The van der Waals surface area contributed by atoms with Gasteiger partial charge in [0.25, 0.3) is 0 Å². The molecule has 21 heavy (non-hydrogen) atoms. The first-order valence-corrected chi connectivity index (χ1v) is 8.43. The Bertz CT molecular complexity index is 739. The predicted octanol–water partition coefficient (Wildman–Crippen LogP) is 4.71. The van der Waals surface area contributed by atoms with Crippen LogP contribution >= 0.6 is 23.1 Å². The highest BCUT2D eigenvalue weighted by Crippen LogP contribution is 2.26. The van der Waals surface area contributed by atoms with Crippen LogP contribution in [0.2, 0.25) is 0 Å². The second-order valence-corrected chi connectivity index (χ2v) is 6.27. The first-order chi connectivity index (χ1) is 10.3. The van der Waals surface area contributed by atoms with E-state index in [1.165, 1.54) is 5.56 Å². The van der Waals surface area contributed by atoms with Crippen LogP contribution in [0.3, 0.4) is 0 Å². The van der Waals surface area contributed by atoms with Crippen molar-refractivity contribution < 1.29 is 4.42 Å². The third-order valence-corrected chi connectivity index (χ3v) is 4.83. The molecule has 0 fully saturated rings. The van der Waals surface area contributed by atoms with Crippen LogP contribution in [0.1, 0.15) is 16.8 Å². The highest BCUT2D eigenvalue weighted by molar-refractivity contribution is 7.97. The van der Waals surface area contributed by atoms with E-state index in [1.807, 2.05) is 48.2 Å². The minimum Gasteiger partial charge on any atom is -0.462 e. The fourth-order valence-corrected chi connectivity index (χ4v) is 3.61. The molecule has 3 aromatic rings. The zero-order valence-electron chi connectivity index (χ0n) is 11.2. The molecular formula is C16H12N2OS2. The number of thiazole rings is 1. The molecule has 0 spiro atoms. The van der Waals surface area contributed by atoms with Crippen LogP contribution in [0, 0.1) is 11.3 Å². The molecule has 0 aliphatic carbocycles. The zero-order valence-corrected chi connectivity index (χ0v) is 12.8. The van der Waals surface area contributed by atoms with Gasteiger partial charge in [0.15, 0.2) is 10.8 Å². The fourth-order valence-electron chi connectivity index (χ4n) is 1.84. The summed E-state index contributed by atoms with van der Waals surface area (Å²) in [6.07, 6.45) is 1.66. The standard InChI is InChI=1S/C16H12N2OS2/c17-8-12-3-5-13(6-4-12)9-20-10-14-11-21-16(18-14)15-2-1-7-19-15/h1-7,11H,9-10H2. The normalized spacial score (nSPS) is 10.4. The molecule has 0 radical (unpaired) electrons. The van der Waals surface area contributed by atoms with Gasteiger partial charge < -0.3 is 4.42 Å². The van der Waals surface area contributed by atoms with Crippen LogP contribution in [0.4, 0.5) is 0 Å². The summed E-state index contributed by atoms with van der Waals surface area (Å²) in [5.74, 6) is 2.61. The number of aromatic nitrogens is 1. The molecule has 0 atom stereocenters. The lowest BCUT2D eigenvalue weighted by Crippen LogP contribution is -1.85. The number of thioether (sulfide) groups is 1. The van der Waals surface area contributed by atoms with Crippen LogP contribution in [-0.4, -0.2) is 4.98 Å². The molecule has 0 amide bonds. The summed E-state index contributed by atoms with van der Waals surface area (Å²) >= 11 is 3.42. The molecule has 0 unspecified atom stereocenters. The Morgan fingerprint density at radius 1 is 1.19 bits per heavy atom. The van der Waals surface area contributed by atoms with E-state index in [4.69, 9.17) is 9.68 Å². The summed E-state index contributed by atoms with van der Waals surface area (Å²) in [6.45, 7) is 0. The average molecular weight is 312 g/mol. The maximum absolute atomic E-state index is 8.76. The number of benzene rings is 1. The monoisotopic (exact) mass is 312 g/mol. The number of nitriles is 1. The molecule has 3 nitrogen and oxygen atoms in total. The molecule has 5 heteroatoms. The highest BCUT2D eigenvalue weighted by atomic mass is 32.2. The predicted molar refractivity (Wildman–Crippen MR) is 86.0 cm³/mol. The maximum atomic E-state index is 8.76. The molecule has 2 aromatic heterocycles. The lowest BCUT2D eigenvalue weighted by molar-refractivity contribution is 0.581. The smallest absolute Gasteiger partial charge is 0.162 e. The molecule has 2 heterocycles. The van der Waals surface area contributed by atoms with Crippen molar-refractivity contribution in [2.75, 3.05) is 0 Å². The third kappa shape index (κ3) is 3.54. The van der Waals surface area contributed by atoms with Gasteiger partial charge in [0.2, 0.25) is 0 Å². The van der Waals surface area contributed by atoms with Crippen molar-refractivity contribution in [2.45, 2.75) is 11.5 Å². The number of hydrogen-bond donors (Lipinski definition) is 0. The zero-order chi connectivity index (χ0) is 14.5. The van der Waals surface area contributed by atoms with Gasteiger partial charge in [-0.1, -0.05) is 12.1 Å². The lowest BCUT2D eigenvalue weighted by atomic mass is 10.2. The van der Waals surface area contributed by atoms with Gasteiger partial charge in [-0.25, -0.2) is 4.98 Å². The van der Waals surface area contributed by atoms with Crippen molar-refractivity contribution in [1.82, 2.24) is 4.98 Å². The van der Waals surface area contributed by atoms with Gasteiger partial charge in [-0.05, 0) is 29.8 Å². The van der Waals surface area contributed by atoms with Crippen LogP contribution in [-0.2, 0) is 11.5 Å². The van der Waals surface area contributed by atoms with Crippen molar-refractivity contribution in [2.24, 2.45) is 0 Å². The minimum absolute atomic E-state index is 0.700. The van der Waals surface area contributed by atoms with E-state index < -0.39 is 0 Å². The number of rotatable bonds is 5. The van der Waals surface area contributed by atoms with Crippen molar-refractivity contribution in [3.8, 4) is 16.8 Å². The van der Waals surface area contributed by atoms with E-state index in [0.717, 1.165) is 28.0 Å². The lowest BCUT2D eigenvalue weighted by Gasteiger charge is -2.00. The van der Waals surface area contributed by atoms with E-state index in [1.54, 1.807) is 17.6 Å². The SMILES string of the molecule is N#Cc1ccc(CSCc2csc(-c3ccco3)n2)cc1. The van der Waals surface area contributed by atoms with Crippen molar-refractivity contribution in [3.63, 3.8) is 0 Å². The van der Waals surface area contributed by atoms with Crippen molar-refractivity contribution in [1.29, 1.82) is 5.26 Å². The first kappa shape index (κ1) is 13.9. The number of nitrogens with zero attached hydrogens (tertiary/aromatic N) is 2. The minimum atomic E-state index is 0.700. The Morgan fingerprint density at radius 2 is 2.05 bits per heavy atom. The second-order valence-electron chi connectivity index (χ2n) is 4.42. The average Bonchev–Trinajstić information content (AvgIpc) is 3.19. The Balaban J connectivity index is 1.54. The van der Waals surface area contributed by atoms with E-state index in [9.17, 15) is 0 Å². The van der Waals surface area contributed by atoms with Gasteiger partial charge in [-0.15, -0.1) is 11.3 Å². The van der Waals surface area contributed by atoms with Gasteiger partial charge in [-0.3, -0.25) is 0 Å². The summed E-state index contributed by atoms with van der Waals surface area (Å²) in [5, 5.41) is 11.8. The highest BCUT2D eigenvalue weighted by Gasteiger charge is 2.07. The van der Waals surface area contributed by atoms with Crippen LogP contribution < -0.4 is 0 Å². The topological polar surface area (TPSA) is 49.8 Å². The van der Waals surface area contributed by atoms with E-state index in [-0.39, 0.29) is 0 Å². The number of furan rings is 1. The maximum Gasteiger partial charge on any atom is 0.162 e.